The number of amides is 3. The Hall–Kier alpha value is -2.41. The molecule has 0 aliphatic heterocycles. The summed E-state index contributed by atoms with van der Waals surface area (Å²) in [5, 5.41) is 1.99. The maximum absolute atomic E-state index is 13.4. The van der Waals surface area contributed by atoms with Gasteiger partial charge in [0.1, 0.15) is 12.4 Å². The van der Waals surface area contributed by atoms with E-state index in [1.807, 2.05) is 17.5 Å². The third kappa shape index (κ3) is 6.05. The predicted octanol–water partition coefficient (Wildman–Crippen LogP) is 4.73. The molecule has 7 heteroatoms. The van der Waals surface area contributed by atoms with Crippen molar-refractivity contribution in [1.29, 1.82) is 0 Å². The molecule has 1 aliphatic rings. The summed E-state index contributed by atoms with van der Waals surface area (Å²) < 4.78 is 13.3. The second kappa shape index (κ2) is 10.6. The summed E-state index contributed by atoms with van der Waals surface area (Å²) in [5.41, 5.74) is 0.865. The van der Waals surface area contributed by atoms with E-state index in [2.05, 4.69) is 0 Å². The molecule has 1 aliphatic carbocycles. The topological polar surface area (TPSA) is 43.9 Å². The van der Waals surface area contributed by atoms with E-state index in [0.29, 0.717) is 13.1 Å². The highest BCUT2D eigenvalue weighted by atomic mass is 32.1. The van der Waals surface area contributed by atoms with Crippen LogP contribution in [0.5, 0.6) is 0 Å². The van der Waals surface area contributed by atoms with Gasteiger partial charge in [0.15, 0.2) is 0 Å². The van der Waals surface area contributed by atoms with Gasteiger partial charge in [0.25, 0.3) is 0 Å². The van der Waals surface area contributed by atoms with E-state index in [0.717, 1.165) is 36.1 Å². The fourth-order valence-corrected chi connectivity index (χ4v) is 4.60. The number of hydrogen-bond donors (Lipinski definition) is 0. The van der Waals surface area contributed by atoms with Crippen LogP contribution >= 0.6 is 11.3 Å². The molecule has 1 heterocycles. The van der Waals surface area contributed by atoms with Gasteiger partial charge in [0, 0.05) is 31.6 Å². The van der Waals surface area contributed by atoms with Crippen LogP contribution in [-0.4, -0.2) is 53.3 Å². The van der Waals surface area contributed by atoms with Crippen molar-refractivity contribution in [1.82, 2.24) is 14.7 Å². The zero-order valence-electron chi connectivity index (χ0n) is 17.7. The van der Waals surface area contributed by atoms with Gasteiger partial charge in [-0.3, -0.25) is 4.79 Å². The second-order valence-corrected chi connectivity index (χ2v) is 9.08. The van der Waals surface area contributed by atoms with E-state index in [-0.39, 0.29) is 30.3 Å². The van der Waals surface area contributed by atoms with Crippen LogP contribution in [0.4, 0.5) is 9.18 Å². The lowest BCUT2D eigenvalue weighted by Crippen LogP contribution is -2.51. The molecule has 0 spiro atoms. The molecule has 2 aromatic rings. The van der Waals surface area contributed by atoms with Gasteiger partial charge in [-0.1, -0.05) is 37.5 Å². The van der Waals surface area contributed by atoms with Crippen molar-refractivity contribution in [3.05, 3.63) is 58.0 Å². The Balaban J connectivity index is 1.78. The van der Waals surface area contributed by atoms with Gasteiger partial charge in [0.2, 0.25) is 5.91 Å². The first kappa shape index (κ1) is 22.3. The molecule has 1 fully saturated rings. The third-order valence-electron chi connectivity index (χ3n) is 5.52. The molecule has 30 heavy (non-hydrogen) atoms. The van der Waals surface area contributed by atoms with E-state index in [1.54, 1.807) is 52.3 Å². The molecular formula is C23H30FN3O2S. The molecule has 1 saturated carbocycles. The minimum atomic E-state index is -0.296. The fraction of sp³-hybridized carbons (Fsp3) is 0.478. The van der Waals surface area contributed by atoms with Crippen molar-refractivity contribution in [2.75, 3.05) is 20.6 Å². The molecule has 0 N–H and O–H groups in total. The molecule has 162 valence electrons. The SMILES string of the molecule is CN(C)C(=O)N(CC(=O)N(Cc1ccc(F)cc1)Cc1cccs1)C1CCCCC1. The Kier molecular flexibility index (Phi) is 7.85. The number of carbonyl (C=O) groups is 2. The van der Waals surface area contributed by atoms with Gasteiger partial charge in [0.05, 0.1) is 6.54 Å². The quantitative estimate of drug-likeness (QED) is 0.636. The monoisotopic (exact) mass is 431 g/mol. The number of carbonyl (C=O) groups excluding carboxylic acids is 2. The van der Waals surface area contributed by atoms with E-state index >= 15 is 0 Å². The van der Waals surface area contributed by atoms with Crippen molar-refractivity contribution in [2.24, 2.45) is 0 Å². The Labute approximate surface area is 182 Å². The van der Waals surface area contributed by atoms with Crippen LogP contribution in [0.2, 0.25) is 0 Å². The fourth-order valence-electron chi connectivity index (χ4n) is 3.88. The Morgan fingerprint density at radius 1 is 1.03 bits per heavy atom. The standard InChI is InChI=1S/C23H30FN3O2S/c1-25(2)23(29)27(20-7-4-3-5-8-20)17-22(28)26(16-21-9-6-14-30-21)15-18-10-12-19(24)13-11-18/h6,9-14,20H,3-5,7-8,15-17H2,1-2H3. The van der Waals surface area contributed by atoms with Gasteiger partial charge in [-0.05, 0) is 42.0 Å². The lowest BCUT2D eigenvalue weighted by Gasteiger charge is -2.36. The number of nitrogens with zero attached hydrogens (tertiary/aromatic N) is 3. The van der Waals surface area contributed by atoms with Crippen molar-refractivity contribution < 1.29 is 14.0 Å². The van der Waals surface area contributed by atoms with Crippen LogP contribution in [0.15, 0.2) is 41.8 Å². The molecule has 3 amide bonds. The maximum atomic E-state index is 13.4. The molecule has 3 rings (SSSR count). The van der Waals surface area contributed by atoms with Crippen LogP contribution in [0, 0.1) is 5.82 Å². The first-order valence-corrected chi connectivity index (χ1v) is 11.3. The molecular weight excluding hydrogens is 401 g/mol. The molecule has 0 saturated heterocycles. The number of hydrogen-bond acceptors (Lipinski definition) is 3. The lowest BCUT2D eigenvalue weighted by molar-refractivity contribution is -0.133. The predicted molar refractivity (Wildman–Crippen MR) is 118 cm³/mol. The average Bonchev–Trinajstić information content (AvgIpc) is 3.26. The highest BCUT2D eigenvalue weighted by molar-refractivity contribution is 7.09. The second-order valence-electron chi connectivity index (χ2n) is 8.05. The van der Waals surface area contributed by atoms with Crippen molar-refractivity contribution >= 4 is 23.3 Å². The minimum Gasteiger partial charge on any atom is -0.332 e. The first-order valence-electron chi connectivity index (χ1n) is 10.5. The van der Waals surface area contributed by atoms with E-state index in [9.17, 15) is 14.0 Å². The van der Waals surface area contributed by atoms with Crippen molar-refractivity contribution in [3.63, 3.8) is 0 Å². The molecule has 5 nitrogen and oxygen atoms in total. The van der Waals surface area contributed by atoms with Gasteiger partial charge in [-0.25, -0.2) is 9.18 Å². The first-order chi connectivity index (χ1) is 14.4. The summed E-state index contributed by atoms with van der Waals surface area (Å²) in [6.07, 6.45) is 5.24. The molecule has 0 bridgehead atoms. The van der Waals surface area contributed by atoms with Crippen LogP contribution in [-0.2, 0) is 17.9 Å². The molecule has 1 aromatic carbocycles. The summed E-state index contributed by atoms with van der Waals surface area (Å²) >= 11 is 1.60. The van der Waals surface area contributed by atoms with Gasteiger partial charge in [-0.2, -0.15) is 0 Å². The summed E-state index contributed by atoms with van der Waals surface area (Å²) in [7, 11) is 3.45. The Morgan fingerprint density at radius 3 is 2.33 bits per heavy atom. The average molecular weight is 432 g/mol. The summed E-state index contributed by atoms with van der Waals surface area (Å²) in [4.78, 5) is 32.3. The van der Waals surface area contributed by atoms with E-state index < -0.39 is 0 Å². The number of benzene rings is 1. The minimum absolute atomic E-state index is 0.0637. The summed E-state index contributed by atoms with van der Waals surface area (Å²) in [6.45, 7) is 0.919. The molecule has 1 aromatic heterocycles. The summed E-state index contributed by atoms with van der Waals surface area (Å²) in [6, 6.07) is 10.2. The summed E-state index contributed by atoms with van der Waals surface area (Å²) in [5.74, 6) is -0.386. The largest absolute Gasteiger partial charge is 0.332 e. The van der Waals surface area contributed by atoms with Crippen LogP contribution in [0.1, 0.15) is 42.5 Å². The smallest absolute Gasteiger partial charge is 0.320 e. The molecule has 0 atom stereocenters. The number of urea groups is 1. The van der Waals surface area contributed by atoms with Crippen LogP contribution in [0.25, 0.3) is 0 Å². The zero-order valence-corrected chi connectivity index (χ0v) is 18.5. The van der Waals surface area contributed by atoms with E-state index in [4.69, 9.17) is 0 Å². The van der Waals surface area contributed by atoms with Gasteiger partial charge < -0.3 is 14.7 Å². The van der Waals surface area contributed by atoms with Crippen molar-refractivity contribution in [2.45, 2.75) is 51.2 Å². The normalized spacial score (nSPS) is 14.4. The van der Waals surface area contributed by atoms with Crippen molar-refractivity contribution in [3.8, 4) is 0 Å². The Morgan fingerprint density at radius 2 is 1.73 bits per heavy atom. The lowest BCUT2D eigenvalue weighted by atomic mass is 9.94. The molecule has 0 unspecified atom stereocenters. The Bertz CT molecular complexity index is 817. The van der Waals surface area contributed by atoms with Crippen LogP contribution in [0.3, 0.4) is 0 Å². The number of rotatable bonds is 7. The van der Waals surface area contributed by atoms with Gasteiger partial charge in [-0.15, -0.1) is 11.3 Å². The zero-order chi connectivity index (χ0) is 21.5. The molecule has 0 radical (unpaired) electrons. The number of halogens is 1. The van der Waals surface area contributed by atoms with E-state index in [1.165, 1.54) is 18.6 Å². The third-order valence-corrected chi connectivity index (χ3v) is 6.38. The highest BCUT2D eigenvalue weighted by Gasteiger charge is 2.30. The number of thiophene rings is 1. The highest BCUT2D eigenvalue weighted by Crippen LogP contribution is 2.24. The van der Waals surface area contributed by atoms with Crippen LogP contribution < -0.4 is 0 Å². The van der Waals surface area contributed by atoms with Gasteiger partial charge >= 0.3 is 6.03 Å². The maximum Gasteiger partial charge on any atom is 0.320 e.